The van der Waals surface area contributed by atoms with Crippen molar-refractivity contribution in [1.82, 2.24) is 10.1 Å². The molecule has 2 aliphatic rings. The number of ether oxygens (including phenoxy) is 3. The van der Waals surface area contributed by atoms with Crippen LogP contribution in [0.25, 0.3) is 0 Å². The zero-order valence-electron chi connectivity index (χ0n) is 13.4. The smallest absolute Gasteiger partial charge is 0.292 e. The third-order valence-corrected chi connectivity index (χ3v) is 4.52. The second-order valence-electron chi connectivity index (χ2n) is 5.92. The van der Waals surface area contributed by atoms with E-state index in [9.17, 15) is 4.79 Å². The van der Waals surface area contributed by atoms with E-state index in [0.29, 0.717) is 38.3 Å². The van der Waals surface area contributed by atoms with Gasteiger partial charge in [-0.2, -0.15) is 0 Å². The van der Waals surface area contributed by atoms with Crippen LogP contribution in [0.3, 0.4) is 0 Å². The lowest BCUT2D eigenvalue weighted by atomic mass is 10.0. The van der Waals surface area contributed by atoms with E-state index in [4.69, 9.17) is 18.7 Å². The van der Waals surface area contributed by atoms with Crippen LogP contribution in [0.15, 0.2) is 35.0 Å². The van der Waals surface area contributed by atoms with Crippen LogP contribution in [0, 0.1) is 0 Å². The minimum Gasteiger partial charge on any atom is -0.493 e. The molecule has 0 N–H and O–H groups in total. The molecule has 7 heteroatoms. The summed E-state index contributed by atoms with van der Waals surface area (Å²) in [5.41, 5.74) is 0.972. The second kappa shape index (κ2) is 5.83. The fraction of sp³-hybridized carbons (Fsp3) is 0.412. The molecule has 0 bridgehead atoms. The first-order valence-corrected chi connectivity index (χ1v) is 7.90. The lowest BCUT2D eigenvalue weighted by molar-refractivity contribution is -0.226. The van der Waals surface area contributed by atoms with Crippen LogP contribution in [0.4, 0.5) is 0 Å². The van der Waals surface area contributed by atoms with Crippen LogP contribution in [-0.2, 0) is 11.3 Å². The fourth-order valence-corrected chi connectivity index (χ4v) is 3.16. The molecule has 1 aromatic carbocycles. The molecule has 3 heterocycles. The van der Waals surface area contributed by atoms with E-state index in [2.05, 4.69) is 5.16 Å². The topological polar surface area (TPSA) is 74.0 Å². The number of rotatable bonds is 2. The zero-order chi connectivity index (χ0) is 16.6. The van der Waals surface area contributed by atoms with Crippen LogP contribution in [-0.4, -0.2) is 42.0 Å². The largest absolute Gasteiger partial charge is 0.493 e. The molecule has 2 aromatic rings. The van der Waals surface area contributed by atoms with Gasteiger partial charge < -0.3 is 23.6 Å². The Labute approximate surface area is 139 Å². The van der Waals surface area contributed by atoms with E-state index < -0.39 is 5.79 Å². The van der Waals surface area contributed by atoms with Gasteiger partial charge in [0.25, 0.3) is 5.91 Å². The van der Waals surface area contributed by atoms with Gasteiger partial charge in [-0.15, -0.1) is 0 Å². The summed E-state index contributed by atoms with van der Waals surface area (Å²) in [5.74, 6) is 0.830. The van der Waals surface area contributed by atoms with Gasteiger partial charge in [0.2, 0.25) is 11.5 Å². The van der Waals surface area contributed by atoms with E-state index in [0.717, 1.165) is 11.3 Å². The molecule has 0 aliphatic carbocycles. The summed E-state index contributed by atoms with van der Waals surface area (Å²) in [5, 5.41) is 3.58. The summed E-state index contributed by atoms with van der Waals surface area (Å²) in [6, 6.07) is 7.33. The van der Waals surface area contributed by atoms with Gasteiger partial charge in [0.05, 0.1) is 19.9 Å². The molecule has 1 spiro atoms. The van der Waals surface area contributed by atoms with Gasteiger partial charge >= 0.3 is 0 Å². The van der Waals surface area contributed by atoms with Gasteiger partial charge in [-0.3, -0.25) is 4.79 Å². The van der Waals surface area contributed by atoms with Crippen molar-refractivity contribution < 1.29 is 23.5 Å². The molecule has 7 nitrogen and oxygen atoms in total. The van der Waals surface area contributed by atoms with E-state index in [1.165, 1.54) is 6.20 Å². The lowest BCUT2D eigenvalue weighted by Gasteiger charge is -2.43. The molecule has 2 aliphatic heterocycles. The Hall–Kier alpha value is -2.54. The van der Waals surface area contributed by atoms with Gasteiger partial charge in [0.15, 0.2) is 11.5 Å². The van der Waals surface area contributed by atoms with Crippen LogP contribution in [0.1, 0.15) is 29.0 Å². The Kier molecular flexibility index (Phi) is 3.65. The quantitative estimate of drug-likeness (QED) is 0.840. The normalized spacial score (nSPS) is 18.8. The first kappa shape index (κ1) is 15.0. The highest BCUT2D eigenvalue weighted by atomic mass is 16.7. The molecule has 24 heavy (non-hydrogen) atoms. The van der Waals surface area contributed by atoms with Gasteiger partial charge in [-0.1, -0.05) is 17.3 Å². The maximum absolute atomic E-state index is 12.3. The van der Waals surface area contributed by atoms with Gasteiger partial charge in [-0.05, 0) is 6.07 Å². The fourth-order valence-electron chi connectivity index (χ4n) is 3.16. The Morgan fingerprint density at radius 2 is 2.12 bits per heavy atom. The summed E-state index contributed by atoms with van der Waals surface area (Å²) in [6.07, 6.45) is 2.64. The Balaban J connectivity index is 1.48. The molecule has 4 rings (SSSR count). The molecule has 0 atom stereocenters. The summed E-state index contributed by atoms with van der Waals surface area (Å²) in [7, 11) is 1.62. The molecular weight excluding hydrogens is 312 g/mol. The van der Waals surface area contributed by atoms with Crippen molar-refractivity contribution in [2.24, 2.45) is 0 Å². The van der Waals surface area contributed by atoms with Gasteiger partial charge in [0, 0.05) is 37.6 Å². The Bertz CT molecular complexity index is 721. The molecule has 0 unspecified atom stereocenters. The number of hydrogen-bond acceptors (Lipinski definition) is 6. The number of benzene rings is 1. The predicted octanol–water partition coefficient (Wildman–Crippen LogP) is 2.22. The number of methoxy groups -OCH3 is 1. The first-order valence-electron chi connectivity index (χ1n) is 7.90. The highest BCUT2D eigenvalue weighted by Gasteiger charge is 2.43. The van der Waals surface area contributed by atoms with E-state index >= 15 is 0 Å². The minimum atomic E-state index is -0.709. The molecule has 1 saturated heterocycles. The maximum Gasteiger partial charge on any atom is 0.292 e. The first-order chi connectivity index (χ1) is 11.7. The molecule has 1 aromatic heterocycles. The SMILES string of the molecule is COc1cccc2c1OC1(CCN(C(=O)c3ccno3)CC1)OC2. The van der Waals surface area contributed by atoms with Crippen LogP contribution in [0.5, 0.6) is 11.5 Å². The average Bonchev–Trinajstić information content (AvgIpc) is 3.16. The summed E-state index contributed by atoms with van der Waals surface area (Å²) < 4.78 is 22.5. The predicted molar refractivity (Wildman–Crippen MR) is 82.8 cm³/mol. The Morgan fingerprint density at radius 3 is 2.83 bits per heavy atom. The Morgan fingerprint density at radius 1 is 1.29 bits per heavy atom. The number of nitrogens with zero attached hydrogens (tertiary/aromatic N) is 2. The highest BCUT2D eigenvalue weighted by Crippen LogP contribution is 2.42. The summed E-state index contributed by atoms with van der Waals surface area (Å²) in [4.78, 5) is 14.1. The number of hydrogen-bond donors (Lipinski definition) is 0. The molecule has 0 saturated carbocycles. The molecule has 1 amide bonds. The number of fused-ring (bicyclic) bond motifs is 1. The number of carbonyl (C=O) groups is 1. The van der Waals surface area contributed by atoms with Crippen molar-refractivity contribution in [3.63, 3.8) is 0 Å². The average molecular weight is 330 g/mol. The number of carbonyl (C=O) groups excluding carboxylic acids is 1. The lowest BCUT2D eigenvalue weighted by Crippen LogP contribution is -2.52. The summed E-state index contributed by atoms with van der Waals surface area (Å²) >= 11 is 0. The van der Waals surface area contributed by atoms with Crippen molar-refractivity contribution in [3.8, 4) is 11.5 Å². The minimum absolute atomic E-state index is 0.156. The monoisotopic (exact) mass is 330 g/mol. The second-order valence-corrected chi connectivity index (χ2v) is 5.92. The molecule has 0 radical (unpaired) electrons. The summed E-state index contributed by atoms with van der Waals surface area (Å²) in [6.45, 7) is 1.54. The van der Waals surface area contributed by atoms with E-state index in [1.807, 2.05) is 18.2 Å². The van der Waals surface area contributed by atoms with Gasteiger partial charge in [0.1, 0.15) is 0 Å². The standard InChI is InChI=1S/C17H18N2O5/c1-21-13-4-2-3-12-11-22-17(23-15(12)13)6-9-19(10-7-17)16(20)14-5-8-18-24-14/h2-5,8H,6-7,9-11H2,1H3. The van der Waals surface area contributed by atoms with Crippen molar-refractivity contribution in [2.45, 2.75) is 25.2 Å². The van der Waals surface area contributed by atoms with Crippen molar-refractivity contribution in [1.29, 1.82) is 0 Å². The number of aromatic nitrogens is 1. The molecular formula is C17H18N2O5. The van der Waals surface area contributed by atoms with Crippen LogP contribution >= 0.6 is 0 Å². The van der Waals surface area contributed by atoms with E-state index in [-0.39, 0.29) is 11.7 Å². The van der Waals surface area contributed by atoms with Crippen LogP contribution in [0.2, 0.25) is 0 Å². The molecule has 1 fully saturated rings. The number of piperidine rings is 1. The maximum atomic E-state index is 12.3. The number of amides is 1. The highest BCUT2D eigenvalue weighted by molar-refractivity contribution is 5.91. The van der Waals surface area contributed by atoms with Crippen molar-refractivity contribution >= 4 is 5.91 Å². The zero-order valence-corrected chi connectivity index (χ0v) is 13.4. The third kappa shape index (κ3) is 2.50. The van der Waals surface area contributed by atoms with Gasteiger partial charge in [-0.25, -0.2) is 0 Å². The van der Waals surface area contributed by atoms with Crippen molar-refractivity contribution in [3.05, 3.63) is 41.8 Å². The van der Waals surface area contributed by atoms with Crippen LogP contribution < -0.4 is 9.47 Å². The number of likely N-dealkylation sites (tertiary alicyclic amines) is 1. The number of para-hydroxylation sites is 1. The molecule has 126 valence electrons. The third-order valence-electron chi connectivity index (χ3n) is 4.52. The van der Waals surface area contributed by atoms with E-state index in [1.54, 1.807) is 18.1 Å². The van der Waals surface area contributed by atoms with Crippen molar-refractivity contribution in [2.75, 3.05) is 20.2 Å².